The van der Waals surface area contributed by atoms with E-state index in [9.17, 15) is 4.79 Å². The van der Waals surface area contributed by atoms with E-state index in [2.05, 4.69) is 0 Å². The highest BCUT2D eigenvalue weighted by Gasteiger charge is 2.30. The molecule has 0 bridgehead atoms. The van der Waals surface area contributed by atoms with Crippen LogP contribution in [0.25, 0.3) is 0 Å². The summed E-state index contributed by atoms with van der Waals surface area (Å²) in [6, 6.07) is 0. The Morgan fingerprint density at radius 2 is 1.54 bits per heavy atom. The zero-order valence-electron chi connectivity index (χ0n) is 8.43. The summed E-state index contributed by atoms with van der Waals surface area (Å²) in [4.78, 5) is 11.8. The monoisotopic (exact) mass is 180 g/mol. The molecule has 0 amide bonds. The molecule has 0 spiro atoms. The van der Waals surface area contributed by atoms with E-state index in [0.29, 0.717) is 11.7 Å². The fraction of sp³-hybridized carbons (Fsp3) is 0.917. The van der Waals surface area contributed by atoms with E-state index in [1.165, 1.54) is 44.9 Å². The number of carbonyl (C=O) groups excluding carboxylic acids is 1. The predicted octanol–water partition coefficient (Wildman–Crippen LogP) is 3.33. The van der Waals surface area contributed by atoms with Crippen LogP contribution in [0, 0.1) is 11.8 Å². The summed E-state index contributed by atoms with van der Waals surface area (Å²) in [5.74, 6) is 1.82. The third-order valence-corrected chi connectivity index (χ3v) is 3.82. The van der Waals surface area contributed by atoms with Gasteiger partial charge in [-0.05, 0) is 31.6 Å². The van der Waals surface area contributed by atoms with Crippen molar-refractivity contribution in [3.8, 4) is 0 Å². The number of ketones is 1. The maximum Gasteiger partial charge on any atom is 0.136 e. The van der Waals surface area contributed by atoms with Crippen molar-refractivity contribution in [1.29, 1.82) is 0 Å². The SMILES string of the molecule is O=C1CCCCCC1C1CCCC1. The zero-order valence-corrected chi connectivity index (χ0v) is 8.43. The average Bonchev–Trinajstić information content (AvgIpc) is 2.56. The van der Waals surface area contributed by atoms with Gasteiger partial charge in [0.2, 0.25) is 0 Å². The van der Waals surface area contributed by atoms with Crippen molar-refractivity contribution < 1.29 is 4.79 Å². The van der Waals surface area contributed by atoms with Gasteiger partial charge in [0, 0.05) is 12.3 Å². The minimum absolute atomic E-state index is 0.463. The number of rotatable bonds is 1. The van der Waals surface area contributed by atoms with Crippen molar-refractivity contribution in [3.63, 3.8) is 0 Å². The first kappa shape index (κ1) is 9.23. The lowest BCUT2D eigenvalue weighted by Crippen LogP contribution is -2.20. The van der Waals surface area contributed by atoms with Crippen molar-refractivity contribution in [3.05, 3.63) is 0 Å². The Morgan fingerprint density at radius 3 is 2.31 bits per heavy atom. The lowest BCUT2D eigenvalue weighted by molar-refractivity contribution is -0.124. The lowest BCUT2D eigenvalue weighted by Gasteiger charge is -2.19. The van der Waals surface area contributed by atoms with E-state index >= 15 is 0 Å². The standard InChI is InChI=1S/C12H20O/c13-12-9-3-1-2-8-11(12)10-6-4-5-7-10/h10-11H,1-9H2. The molecule has 0 radical (unpaired) electrons. The van der Waals surface area contributed by atoms with Crippen LogP contribution in [0.1, 0.15) is 57.8 Å². The summed E-state index contributed by atoms with van der Waals surface area (Å²) in [6.07, 6.45) is 11.2. The Bertz CT molecular complexity index is 180. The van der Waals surface area contributed by atoms with Crippen molar-refractivity contribution in [2.75, 3.05) is 0 Å². The first-order valence-corrected chi connectivity index (χ1v) is 5.90. The van der Waals surface area contributed by atoms with E-state index in [-0.39, 0.29) is 0 Å². The second kappa shape index (κ2) is 4.26. The minimum atomic E-state index is 0.463. The number of Topliss-reactive ketones (excluding diaryl/α,β-unsaturated/α-hetero) is 1. The third kappa shape index (κ3) is 2.12. The van der Waals surface area contributed by atoms with Crippen molar-refractivity contribution >= 4 is 5.78 Å². The number of hydrogen-bond donors (Lipinski definition) is 0. The summed E-state index contributed by atoms with van der Waals surface area (Å²) < 4.78 is 0. The fourth-order valence-corrected chi connectivity index (χ4v) is 3.04. The van der Waals surface area contributed by atoms with E-state index in [0.717, 1.165) is 18.8 Å². The summed E-state index contributed by atoms with van der Waals surface area (Å²) in [5.41, 5.74) is 0. The summed E-state index contributed by atoms with van der Waals surface area (Å²) in [7, 11) is 0. The van der Waals surface area contributed by atoms with Crippen LogP contribution in [0.4, 0.5) is 0 Å². The number of carbonyl (C=O) groups is 1. The quantitative estimate of drug-likeness (QED) is 0.566. The molecule has 2 aliphatic rings. The molecule has 2 fully saturated rings. The Kier molecular flexibility index (Phi) is 3.02. The molecule has 1 nitrogen and oxygen atoms in total. The molecule has 0 heterocycles. The normalized spacial score (nSPS) is 32.0. The van der Waals surface area contributed by atoms with Gasteiger partial charge in [-0.1, -0.05) is 25.7 Å². The molecule has 0 N–H and O–H groups in total. The molecule has 2 aliphatic carbocycles. The molecular formula is C12H20O. The highest BCUT2D eigenvalue weighted by molar-refractivity contribution is 5.81. The molecular weight excluding hydrogens is 160 g/mol. The Balaban J connectivity index is 1.97. The van der Waals surface area contributed by atoms with Crippen molar-refractivity contribution in [1.82, 2.24) is 0 Å². The summed E-state index contributed by atoms with van der Waals surface area (Å²) in [6.45, 7) is 0. The predicted molar refractivity (Wildman–Crippen MR) is 53.5 cm³/mol. The van der Waals surface area contributed by atoms with E-state index in [4.69, 9.17) is 0 Å². The first-order chi connectivity index (χ1) is 6.38. The molecule has 0 saturated heterocycles. The van der Waals surface area contributed by atoms with Crippen LogP contribution < -0.4 is 0 Å². The Hall–Kier alpha value is -0.330. The molecule has 0 aromatic rings. The van der Waals surface area contributed by atoms with Gasteiger partial charge in [0.15, 0.2) is 0 Å². The Morgan fingerprint density at radius 1 is 0.846 bits per heavy atom. The topological polar surface area (TPSA) is 17.1 Å². The van der Waals surface area contributed by atoms with E-state index < -0.39 is 0 Å². The third-order valence-electron chi connectivity index (χ3n) is 3.82. The maximum atomic E-state index is 11.8. The van der Waals surface area contributed by atoms with Crippen LogP contribution >= 0.6 is 0 Å². The van der Waals surface area contributed by atoms with Crippen molar-refractivity contribution in [2.45, 2.75) is 57.8 Å². The summed E-state index contributed by atoms with van der Waals surface area (Å²) >= 11 is 0. The van der Waals surface area contributed by atoms with Gasteiger partial charge in [0.25, 0.3) is 0 Å². The smallest absolute Gasteiger partial charge is 0.136 e. The van der Waals surface area contributed by atoms with Gasteiger partial charge in [0.1, 0.15) is 5.78 Å². The van der Waals surface area contributed by atoms with Crippen LogP contribution in [0.2, 0.25) is 0 Å². The van der Waals surface area contributed by atoms with Crippen LogP contribution in [-0.2, 0) is 4.79 Å². The highest BCUT2D eigenvalue weighted by Crippen LogP contribution is 2.36. The van der Waals surface area contributed by atoms with Crippen molar-refractivity contribution in [2.24, 2.45) is 11.8 Å². The summed E-state index contributed by atoms with van der Waals surface area (Å²) in [5, 5.41) is 0. The zero-order chi connectivity index (χ0) is 9.10. The van der Waals surface area contributed by atoms with Gasteiger partial charge in [0.05, 0.1) is 0 Å². The maximum absolute atomic E-state index is 11.8. The fourth-order valence-electron chi connectivity index (χ4n) is 3.04. The van der Waals surface area contributed by atoms with Gasteiger partial charge in [-0.3, -0.25) is 4.79 Å². The highest BCUT2D eigenvalue weighted by atomic mass is 16.1. The van der Waals surface area contributed by atoms with Gasteiger partial charge in [-0.25, -0.2) is 0 Å². The molecule has 1 unspecified atom stereocenters. The molecule has 1 atom stereocenters. The minimum Gasteiger partial charge on any atom is -0.299 e. The Labute approximate surface area is 80.9 Å². The first-order valence-electron chi connectivity index (χ1n) is 5.90. The molecule has 0 aromatic carbocycles. The second-order valence-corrected chi connectivity index (χ2v) is 4.72. The van der Waals surface area contributed by atoms with Gasteiger partial charge < -0.3 is 0 Å². The lowest BCUT2D eigenvalue weighted by atomic mass is 9.84. The van der Waals surface area contributed by atoms with Crippen LogP contribution in [0.5, 0.6) is 0 Å². The van der Waals surface area contributed by atoms with Gasteiger partial charge >= 0.3 is 0 Å². The molecule has 0 aliphatic heterocycles. The van der Waals surface area contributed by atoms with E-state index in [1.807, 2.05) is 0 Å². The molecule has 0 aromatic heterocycles. The van der Waals surface area contributed by atoms with E-state index in [1.54, 1.807) is 0 Å². The molecule has 13 heavy (non-hydrogen) atoms. The molecule has 1 heteroatoms. The van der Waals surface area contributed by atoms with Gasteiger partial charge in [-0.15, -0.1) is 0 Å². The second-order valence-electron chi connectivity index (χ2n) is 4.72. The molecule has 2 rings (SSSR count). The number of hydrogen-bond acceptors (Lipinski definition) is 1. The average molecular weight is 180 g/mol. The van der Waals surface area contributed by atoms with Crippen LogP contribution in [-0.4, -0.2) is 5.78 Å². The largest absolute Gasteiger partial charge is 0.299 e. The molecule has 74 valence electrons. The van der Waals surface area contributed by atoms with Crippen LogP contribution in [0.15, 0.2) is 0 Å². The van der Waals surface area contributed by atoms with Crippen LogP contribution in [0.3, 0.4) is 0 Å². The molecule has 2 saturated carbocycles. The van der Waals surface area contributed by atoms with Gasteiger partial charge in [-0.2, -0.15) is 0 Å².